The summed E-state index contributed by atoms with van der Waals surface area (Å²) in [5.41, 5.74) is 14.0. The van der Waals surface area contributed by atoms with Crippen LogP contribution < -0.4 is 11.1 Å². The van der Waals surface area contributed by atoms with Crippen molar-refractivity contribution in [2.24, 2.45) is 13.0 Å². The summed E-state index contributed by atoms with van der Waals surface area (Å²) < 4.78 is 1.70. The third kappa shape index (κ3) is 3.98. The first kappa shape index (κ1) is 22.0. The predicted molar refractivity (Wildman–Crippen MR) is 143 cm³/mol. The van der Waals surface area contributed by atoms with Gasteiger partial charge in [-0.25, -0.2) is 0 Å². The molecule has 0 atom stereocenters. The molecular weight excluding hydrogens is 448 g/mol. The van der Waals surface area contributed by atoms with Crippen LogP contribution in [-0.4, -0.2) is 25.7 Å². The maximum absolute atomic E-state index is 12.4. The molecule has 2 aromatic carbocycles. The molecule has 7 heteroatoms. The molecule has 1 saturated carbocycles. The number of nitrogens with zero attached hydrogens (tertiary/aromatic N) is 4. The van der Waals surface area contributed by atoms with Crippen molar-refractivity contribution in [2.45, 2.75) is 19.8 Å². The fourth-order valence-corrected chi connectivity index (χ4v) is 4.61. The van der Waals surface area contributed by atoms with Crippen molar-refractivity contribution in [1.29, 1.82) is 0 Å². The van der Waals surface area contributed by atoms with Crippen molar-refractivity contribution in [3.8, 4) is 33.8 Å². The average molecular weight is 475 g/mol. The van der Waals surface area contributed by atoms with E-state index in [1.165, 1.54) is 0 Å². The Morgan fingerprint density at radius 2 is 1.86 bits per heavy atom. The maximum atomic E-state index is 12.4. The van der Waals surface area contributed by atoms with E-state index in [9.17, 15) is 4.79 Å². The minimum Gasteiger partial charge on any atom is -0.398 e. The number of anilines is 2. The molecule has 36 heavy (non-hydrogen) atoms. The molecule has 5 aromatic rings. The highest BCUT2D eigenvalue weighted by Crippen LogP contribution is 2.37. The summed E-state index contributed by atoms with van der Waals surface area (Å²) in [7, 11) is 1.84. The van der Waals surface area contributed by atoms with Crippen molar-refractivity contribution >= 4 is 28.1 Å². The monoisotopic (exact) mass is 474 g/mol. The molecule has 0 radical (unpaired) electrons. The number of benzene rings is 2. The Balaban J connectivity index is 1.45. The summed E-state index contributed by atoms with van der Waals surface area (Å²) >= 11 is 0. The van der Waals surface area contributed by atoms with Crippen LogP contribution in [-0.2, 0) is 11.8 Å². The molecule has 0 aliphatic heterocycles. The van der Waals surface area contributed by atoms with Crippen LogP contribution in [0.3, 0.4) is 0 Å². The van der Waals surface area contributed by atoms with Crippen molar-refractivity contribution in [3.63, 3.8) is 0 Å². The molecule has 178 valence electrons. The number of fused-ring (bicyclic) bond motifs is 1. The normalized spacial score (nSPS) is 13.2. The first-order chi connectivity index (χ1) is 17.5. The Morgan fingerprint density at radius 3 is 2.67 bits per heavy atom. The third-order valence-corrected chi connectivity index (χ3v) is 6.66. The van der Waals surface area contributed by atoms with E-state index < -0.39 is 0 Å². The van der Waals surface area contributed by atoms with Gasteiger partial charge in [-0.05, 0) is 60.5 Å². The zero-order valence-corrected chi connectivity index (χ0v) is 20.2. The van der Waals surface area contributed by atoms with Gasteiger partial charge in [-0.15, -0.1) is 0 Å². The maximum Gasteiger partial charge on any atom is 0.227 e. The summed E-state index contributed by atoms with van der Waals surface area (Å²) in [6.07, 6.45) is 7.39. The molecule has 0 saturated heterocycles. The van der Waals surface area contributed by atoms with Gasteiger partial charge in [-0.1, -0.05) is 30.3 Å². The Bertz CT molecular complexity index is 1630. The van der Waals surface area contributed by atoms with Crippen LogP contribution in [0.2, 0.25) is 0 Å². The van der Waals surface area contributed by atoms with Crippen molar-refractivity contribution in [2.75, 3.05) is 11.1 Å². The first-order valence-corrected chi connectivity index (χ1v) is 12.0. The van der Waals surface area contributed by atoms with E-state index in [-0.39, 0.29) is 11.8 Å². The van der Waals surface area contributed by atoms with Crippen molar-refractivity contribution in [3.05, 3.63) is 78.8 Å². The van der Waals surface area contributed by atoms with E-state index in [1.807, 2.05) is 62.0 Å². The van der Waals surface area contributed by atoms with Crippen LogP contribution in [0, 0.1) is 12.8 Å². The molecule has 0 bridgehead atoms. The quantitative estimate of drug-likeness (QED) is 0.323. The SMILES string of the molecule is Cc1ccnc(-c2ccccc2N)c1-c1ccc2cnc(-c3nn(C)cc3NC(=O)C3CC3)cc2c1. The van der Waals surface area contributed by atoms with Gasteiger partial charge in [0.2, 0.25) is 5.91 Å². The van der Waals surface area contributed by atoms with Gasteiger partial charge in [0.1, 0.15) is 5.69 Å². The third-order valence-electron chi connectivity index (χ3n) is 6.66. The molecule has 1 aliphatic carbocycles. The van der Waals surface area contributed by atoms with Gasteiger partial charge in [0.25, 0.3) is 0 Å². The molecule has 1 aliphatic rings. The molecular formula is C29H26N6O. The number of para-hydroxylation sites is 1. The number of aromatic nitrogens is 4. The summed E-state index contributed by atoms with van der Waals surface area (Å²) in [5.74, 6) is 0.160. The number of hydrogen-bond donors (Lipinski definition) is 2. The standard InChI is InChI=1S/C29H26N6O/c1-17-11-12-31-27(22-5-3-4-6-23(22)30)26(17)19-9-10-20-15-32-24(14-21(20)13-19)28-25(16-35(2)34-28)33-29(36)18-7-8-18/h3-6,9-16,18H,7-8,30H2,1-2H3,(H,33,36). The first-order valence-electron chi connectivity index (χ1n) is 12.0. The van der Waals surface area contributed by atoms with E-state index >= 15 is 0 Å². The van der Waals surface area contributed by atoms with E-state index in [4.69, 9.17) is 10.7 Å². The largest absolute Gasteiger partial charge is 0.398 e. The second kappa shape index (κ2) is 8.61. The predicted octanol–water partition coefficient (Wildman–Crippen LogP) is 5.60. The zero-order valence-electron chi connectivity index (χ0n) is 20.2. The number of aryl methyl sites for hydroxylation is 2. The smallest absolute Gasteiger partial charge is 0.227 e. The number of carbonyl (C=O) groups is 1. The van der Waals surface area contributed by atoms with Gasteiger partial charge in [-0.3, -0.25) is 19.4 Å². The van der Waals surface area contributed by atoms with E-state index in [0.717, 1.165) is 51.6 Å². The molecule has 3 aromatic heterocycles. The van der Waals surface area contributed by atoms with Gasteiger partial charge in [0, 0.05) is 53.8 Å². The summed E-state index contributed by atoms with van der Waals surface area (Å²) in [4.78, 5) is 21.8. The van der Waals surface area contributed by atoms with Crippen LogP contribution in [0.1, 0.15) is 18.4 Å². The molecule has 0 spiro atoms. The lowest BCUT2D eigenvalue weighted by Crippen LogP contribution is -2.13. The topological polar surface area (TPSA) is 98.7 Å². The fraction of sp³-hybridized carbons (Fsp3) is 0.172. The number of nitrogen functional groups attached to an aromatic ring is 1. The molecule has 1 amide bonds. The summed E-state index contributed by atoms with van der Waals surface area (Å²) in [5, 5.41) is 9.67. The van der Waals surface area contributed by atoms with E-state index in [0.29, 0.717) is 22.8 Å². The average Bonchev–Trinajstić information content (AvgIpc) is 3.66. The van der Waals surface area contributed by atoms with Crippen LogP contribution in [0.4, 0.5) is 11.4 Å². The summed E-state index contributed by atoms with van der Waals surface area (Å²) in [6, 6.07) is 18.2. The number of pyridine rings is 2. The Hall–Kier alpha value is -4.52. The van der Waals surface area contributed by atoms with Crippen LogP contribution >= 0.6 is 0 Å². The summed E-state index contributed by atoms with van der Waals surface area (Å²) in [6.45, 7) is 2.09. The Labute approximate surface area is 209 Å². The zero-order chi connectivity index (χ0) is 24.8. The van der Waals surface area contributed by atoms with Gasteiger partial charge in [-0.2, -0.15) is 5.10 Å². The van der Waals surface area contributed by atoms with Crippen LogP contribution in [0.25, 0.3) is 44.5 Å². The van der Waals surface area contributed by atoms with Crippen LogP contribution in [0.5, 0.6) is 0 Å². The number of carbonyl (C=O) groups excluding carboxylic acids is 1. The molecule has 7 nitrogen and oxygen atoms in total. The van der Waals surface area contributed by atoms with Gasteiger partial charge in [0.15, 0.2) is 0 Å². The molecule has 3 N–H and O–H groups in total. The fourth-order valence-electron chi connectivity index (χ4n) is 4.61. The molecule has 6 rings (SSSR count). The number of amides is 1. The highest BCUT2D eigenvalue weighted by Gasteiger charge is 2.30. The lowest BCUT2D eigenvalue weighted by Gasteiger charge is -2.14. The lowest BCUT2D eigenvalue weighted by molar-refractivity contribution is -0.117. The minimum atomic E-state index is 0.0482. The molecule has 1 fully saturated rings. The number of nitrogens with two attached hydrogens (primary N) is 1. The lowest BCUT2D eigenvalue weighted by atomic mass is 9.93. The minimum absolute atomic E-state index is 0.0482. The van der Waals surface area contributed by atoms with Gasteiger partial charge < -0.3 is 11.1 Å². The second-order valence-corrected chi connectivity index (χ2v) is 9.40. The van der Waals surface area contributed by atoms with E-state index in [1.54, 1.807) is 4.68 Å². The number of hydrogen-bond acceptors (Lipinski definition) is 5. The highest BCUT2D eigenvalue weighted by atomic mass is 16.2. The number of rotatable bonds is 5. The van der Waals surface area contributed by atoms with Crippen LogP contribution in [0.15, 0.2) is 73.2 Å². The van der Waals surface area contributed by atoms with E-state index in [2.05, 4.69) is 40.5 Å². The number of nitrogens with one attached hydrogen (secondary N) is 1. The molecule has 3 heterocycles. The highest BCUT2D eigenvalue weighted by molar-refractivity contribution is 5.98. The van der Waals surface area contributed by atoms with Gasteiger partial charge >= 0.3 is 0 Å². The Morgan fingerprint density at radius 1 is 1.03 bits per heavy atom. The van der Waals surface area contributed by atoms with Crippen molar-refractivity contribution < 1.29 is 4.79 Å². The second-order valence-electron chi connectivity index (χ2n) is 9.40. The van der Waals surface area contributed by atoms with Gasteiger partial charge in [0.05, 0.1) is 17.1 Å². The van der Waals surface area contributed by atoms with Crippen molar-refractivity contribution in [1.82, 2.24) is 19.7 Å². The Kier molecular flexibility index (Phi) is 5.25. The molecule has 0 unspecified atom stereocenters.